The number of ether oxygens (including phenoxy) is 1. The van der Waals surface area contributed by atoms with Crippen LogP contribution in [0.25, 0.3) is 0 Å². The van der Waals surface area contributed by atoms with Crippen LogP contribution in [0.4, 0.5) is 5.69 Å². The van der Waals surface area contributed by atoms with Gasteiger partial charge in [0.1, 0.15) is 5.75 Å². The first-order valence-corrected chi connectivity index (χ1v) is 5.76. The smallest absolute Gasteiger partial charge is 0.139 e. The van der Waals surface area contributed by atoms with Gasteiger partial charge in [0.15, 0.2) is 0 Å². The first-order chi connectivity index (χ1) is 7.22. The lowest BCUT2D eigenvalue weighted by molar-refractivity contribution is 0.415. The summed E-state index contributed by atoms with van der Waals surface area (Å²) in [6, 6.07) is 3.66. The van der Waals surface area contributed by atoms with E-state index in [0.717, 1.165) is 18.8 Å². The molecule has 2 rings (SSSR count). The number of nitrogens with zero attached hydrogens (tertiary/aromatic N) is 1. The maximum absolute atomic E-state index is 6.16. The molecule has 1 heterocycles. The lowest BCUT2D eigenvalue weighted by atomic mass is 10.2. The Morgan fingerprint density at radius 2 is 1.80 bits per heavy atom. The molecule has 1 aromatic rings. The van der Waals surface area contributed by atoms with Crippen LogP contribution in [0.3, 0.4) is 0 Å². The molecule has 0 radical (unpaired) electrons. The number of halogens is 2. The van der Waals surface area contributed by atoms with Crippen LogP contribution in [0, 0.1) is 0 Å². The Morgan fingerprint density at radius 1 is 1.13 bits per heavy atom. The normalized spacial score (nSPS) is 15.8. The third-order valence-electron chi connectivity index (χ3n) is 2.67. The zero-order valence-corrected chi connectivity index (χ0v) is 10.1. The number of rotatable bonds is 2. The van der Waals surface area contributed by atoms with Crippen molar-refractivity contribution in [1.29, 1.82) is 0 Å². The van der Waals surface area contributed by atoms with Crippen molar-refractivity contribution in [2.75, 3.05) is 25.1 Å². The zero-order valence-electron chi connectivity index (χ0n) is 8.59. The number of anilines is 1. The first kappa shape index (κ1) is 10.9. The molecule has 82 valence electrons. The van der Waals surface area contributed by atoms with E-state index in [0.29, 0.717) is 15.8 Å². The van der Waals surface area contributed by atoms with Crippen molar-refractivity contribution in [3.05, 3.63) is 22.2 Å². The summed E-state index contributed by atoms with van der Waals surface area (Å²) in [5.74, 6) is 0.683. The third kappa shape index (κ3) is 2.16. The number of hydrogen-bond donors (Lipinski definition) is 0. The quantitative estimate of drug-likeness (QED) is 0.790. The highest BCUT2D eigenvalue weighted by molar-refractivity contribution is 6.37. The zero-order chi connectivity index (χ0) is 10.8. The van der Waals surface area contributed by atoms with E-state index in [4.69, 9.17) is 27.9 Å². The predicted molar refractivity (Wildman–Crippen MR) is 64.5 cm³/mol. The lowest BCUT2D eigenvalue weighted by Gasteiger charge is -2.20. The topological polar surface area (TPSA) is 12.5 Å². The molecule has 15 heavy (non-hydrogen) atoms. The van der Waals surface area contributed by atoms with E-state index in [-0.39, 0.29) is 0 Å². The summed E-state index contributed by atoms with van der Waals surface area (Å²) in [7, 11) is 1.61. The summed E-state index contributed by atoms with van der Waals surface area (Å²) in [5, 5.41) is 1.26. The lowest BCUT2D eigenvalue weighted by Crippen LogP contribution is -2.18. The Bertz CT molecular complexity index is 362. The van der Waals surface area contributed by atoms with Gasteiger partial charge in [0, 0.05) is 19.2 Å². The van der Waals surface area contributed by atoms with Crippen LogP contribution < -0.4 is 9.64 Å². The molecule has 0 spiro atoms. The van der Waals surface area contributed by atoms with Crippen LogP contribution in [0.5, 0.6) is 5.75 Å². The summed E-state index contributed by atoms with van der Waals surface area (Å²) in [5.41, 5.74) is 1.02. The van der Waals surface area contributed by atoms with E-state index >= 15 is 0 Å². The Kier molecular flexibility index (Phi) is 3.27. The number of hydrogen-bond acceptors (Lipinski definition) is 2. The minimum atomic E-state index is 0.561. The molecule has 1 fully saturated rings. The van der Waals surface area contributed by atoms with E-state index in [9.17, 15) is 0 Å². The molecule has 1 aliphatic heterocycles. The van der Waals surface area contributed by atoms with Crippen LogP contribution in [0.2, 0.25) is 10.0 Å². The van der Waals surface area contributed by atoms with E-state index in [1.807, 2.05) is 6.07 Å². The Balaban J connectivity index is 2.37. The Labute approximate surface area is 99.7 Å². The van der Waals surface area contributed by atoms with E-state index in [2.05, 4.69) is 4.90 Å². The highest BCUT2D eigenvalue weighted by Gasteiger charge is 2.17. The van der Waals surface area contributed by atoms with Crippen molar-refractivity contribution >= 4 is 28.9 Å². The highest BCUT2D eigenvalue weighted by atomic mass is 35.5. The fraction of sp³-hybridized carbons (Fsp3) is 0.455. The SMILES string of the molecule is COc1cc(N2CCCC2)c(Cl)cc1Cl. The first-order valence-electron chi connectivity index (χ1n) is 5.00. The Hall–Kier alpha value is -0.600. The predicted octanol–water partition coefficient (Wildman–Crippen LogP) is 3.60. The van der Waals surface area contributed by atoms with Gasteiger partial charge < -0.3 is 9.64 Å². The standard InChI is InChI=1S/C11H13Cl2NO/c1-15-11-7-10(8(12)6-9(11)13)14-4-2-3-5-14/h6-7H,2-5H2,1H3. The van der Waals surface area contributed by atoms with Crippen molar-refractivity contribution in [2.45, 2.75) is 12.8 Å². The molecule has 0 bridgehead atoms. The van der Waals surface area contributed by atoms with Crippen LogP contribution in [0.15, 0.2) is 12.1 Å². The fourth-order valence-electron chi connectivity index (χ4n) is 1.88. The molecule has 0 unspecified atom stereocenters. The maximum atomic E-state index is 6.16. The van der Waals surface area contributed by atoms with Crippen LogP contribution in [-0.4, -0.2) is 20.2 Å². The van der Waals surface area contributed by atoms with Gasteiger partial charge in [0.25, 0.3) is 0 Å². The van der Waals surface area contributed by atoms with Gasteiger partial charge in [-0.2, -0.15) is 0 Å². The van der Waals surface area contributed by atoms with Crippen molar-refractivity contribution < 1.29 is 4.74 Å². The van der Waals surface area contributed by atoms with Crippen molar-refractivity contribution in [3.63, 3.8) is 0 Å². The van der Waals surface area contributed by atoms with Crippen LogP contribution in [-0.2, 0) is 0 Å². The summed E-state index contributed by atoms with van der Waals surface area (Å²) in [4.78, 5) is 2.27. The molecule has 0 atom stereocenters. The van der Waals surface area contributed by atoms with Crippen LogP contribution in [0.1, 0.15) is 12.8 Å². The van der Waals surface area contributed by atoms with Gasteiger partial charge in [0.05, 0.1) is 22.8 Å². The van der Waals surface area contributed by atoms with Gasteiger partial charge in [-0.15, -0.1) is 0 Å². The largest absolute Gasteiger partial charge is 0.495 e. The van der Waals surface area contributed by atoms with Gasteiger partial charge in [0.2, 0.25) is 0 Å². The second-order valence-corrected chi connectivity index (χ2v) is 4.45. The van der Waals surface area contributed by atoms with Crippen LogP contribution >= 0.6 is 23.2 Å². The molecular formula is C11H13Cl2NO. The average Bonchev–Trinajstić information content (AvgIpc) is 2.71. The number of methoxy groups -OCH3 is 1. The summed E-state index contributed by atoms with van der Waals surface area (Å²) in [6.45, 7) is 2.12. The van der Waals surface area contributed by atoms with Gasteiger partial charge in [-0.1, -0.05) is 23.2 Å². The average molecular weight is 246 g/mol. The summed E-state index contributed by atoms with van der Waals surface area (Å²) < 4.78 is 5.18. The molecular weight excluding hydrogens is 233 g/mol. The molecule has 2 nitrogen and oxygen atoms in total. The minimum absolute atomic E-state index is 0.561. The Morgan fingerprint density at radius 3 is 2.40 bits per heavy atom. The highest BCUT2D eigenvalue weighted by Crippen LogP contribution is 2.37. The fourth-order valence-corrected chi connectivity index (χ4v) is 2.46. The molecule has 0 aromatic heterocycles. The van der Waals surface area contributed by atoms with Crippen molar-refractivity contribution in [2.24, 2.45) is 0 Å². The monoisotopic (exact) mass is 245 g/mol. The molecule has 1 saturated heterocycles. The third-order valence-corrected chi connectivity index (χ3v) is 3.27. The molecule has 4 heteroatoms. The van der Waals surface area contributed by atoms with Gasteiger partial charge >= 0.3 is 0 Å². The van der Waals surface area contributed by atoms with E-state index < -0.39 is 0 Å². The molecule has 0 N–H and O–H groups in total. The van der Waals surface area contributed by atoms with E-state index in [1.165, 1.54) is 12.8 Å². The molecule has 1 aliphatic rings. The number of benzene rings is 1. The van der Waals surface area contributed by atoms with Gasteiger partial charge in [-0.05, 0) is 18.9 Å². The molecule has 0 amide bonds. The maximum Gasteiger partial charge on any atom is 0.139 e. The summed E-state index contributed by atoms with van der Waals surface area (Å²) in [6.07, 6.45) is 2.45. The summed E-state index contributed by atoms with van der Waals surface area (Å²) >= 11 is 12.1. The molecule has 0 aliphatic carbocycles. The second-order valence-electron chi connectivity index (χ2n) is 3.63. The second kappa shape index (κ2) is 4.50. The van der Waals surface area contributed by atoms with Crippen molar-refractivity contribution in [1.82, 2.24) is 0 Å². The van der Waals surface area contributed by atoms with Gasteiger partial charge in [-0.25, -0.2) is 0 Å². The van der Waals surface area contributed by atoms with E-state index in [1.54, 1.807) is 13.2 Å². The van der Waals surface area contributed by atoms with Gasteiger partial charge in [-0.3, -0.25) is 0 Å². The minimum Gasteiger partial charge on any atom is -0.495 e. The van der Waals surface area contributed by atoms with Crippen molar-refractivity contribution in [3.8, 4) is 5.75 Å². The molecule has 1 aromatic carbocycles. The molecule has 0 saturated carbocycles.